The first-order valence-corrected chi connectivity index (χ1v) is 3.96. The molecule has 0 unspecified atom stereocenters. The van der Waals surface area contributed by atoms with Crippen LogP contribution >= 0.6 is 0 Å². The summed E-state index contributed by atoms with van der Waals surface area (Å²) in [6.07, 6.45) is -9.51. The van der Waals surface area contributed by atoms with E-state index in [0.29, 0.717) is 0 Å². The average Bonchev–Trinajstić information content (AvgIpc) is 2.12. The maximum absolute atomic E-state index is 12.5. The molecular weight excluding hydrogens is 295 g/mol. The summed E-state index contributed by atoms with van der Waals surface area (Å²) in [4.78, 5) is 0. The van der Waals surface area contributed by atoms with Gasteiger partial charge in [0.1, 0.15) is 0 Å². The lowest BCUT2D eigenvalue weighted by Gasteiger charge is -2.33. The molecule has 0 aliphatic heterocycles. The number of halogens is 11. The highest BCUT2D eigenvalue weighted by Crippen LogP contribution is 2.53. The van der Waals surface area contributed by atoms with Gasteiger partial charge in [-0.25, -0.2) is 0 Å². The van der Waals surface area contributed by atoms with E-state index in [1.54, 1.807) is 0 Å². The van der Waals surface area contributed by atoms with Crippen LogP contribution < -0.4 is 0 Å². The van der Waals surface area contributed by atoms with Crippen molar-refractivity contribution in [1.29, 1.82) is 0 Å². The molecule has 0 radical (unpaired) electrons. The van der Waals surface area contributed by atoms with Crippen LogP contribution in [0, 0.1) is 0 Å². The molecule has 110 valence electrons. The molecule has 0 fully saturated rings. The fraction of sp³-hybridized carbons (Fsp3) is 1.00. The Hall–Kier alpha value is -0.810. The van der Waals surface area contributed by atoms with E-state index < -0.39 is 42.3 Å². The normalized spacial score (nSPS) is 15.3. The number of rotatable bonds is 5. The van der Waals surface area contributed by atoms with Crippen molar-refractivity contribution in [2.45, 2.75) is 30.4 Å². The van der Waals surface area contributed by atoms with E-state index in [9.17, 15) is 48.5 Å². The van der Waals surface area contributed by atoms with Crippen LogP contribution in [-0.2, 0) is 0 Å². The van der Waals surface area contributed by atoms with Crippen LogP contribution in [0.4, 0.5) is 48.5 Å². The summed E-state index contributed by atoms with van der Waals surface area (Å²) in [5.41, 5.74) is 0. The van der Waals surface area contributed by atoms with Crippen molar-refractivity contribution in [3.63, 3.8) is 0 Å². The van der Waals surface area contributed by atoms with Gasteiger partial charge < -0.3 is 0 Å². The Morgan fingerprint density at radius 1 is 0.667 bits per heavy atom. The molecule has 0 heterocycles. The molecule has 0 spiro atoms. The molecular formula is C6H4F11N. The van der Waals surface area contributed by atoms with Gasteiger partial charge in [-0.15, -0.1) is 8.96 Å². The molecule has 0 aromatic heterocycles. The van der Waals surface area contributed by atoms with Crippen molar-refractivity contribution in [1.82, 2.24) is 5.34 Å². The molecule has 0 aromatic carbocycles. The van der Waals surface area contributed by atoms with Crippen LogP contribution in [0.5, 0.6) is 0 Å². The predicted molar refractivity (Wildman–Crippen MR) is 34.4 cm³/mol. The van der Waals surface area contributed by atoms with Gasteiger partial charge in [0, 0.05) is 11.8 Å². The van der Waals surface area contributed by atoms with Gasteiger partial charge in [0.15, 0.2) is 0 Å². The Labute approximate surface area is 92.0 Å². The zero-order valence-corrected chi connectivity index (χ0v) is 8.02. The highest BCUT2D eigenvalue weighted by molar-refractivity contribution is 5.00. The Bertz CT molecular complexity index is 280. The lowest BCUT2D eigenvalue weighted by molar-refractivity contribution is -0.397. The summed E-state index contributed by atoms with van der Waals surface area (Å²) >= 11 is 0. The van der Waals surface area contributed by atoms with E-state index in [2.05, 4.69) is 0 Å². The molecule has 0 N–H and O–H groups in total. The largest absolute Gasteiger partial charge is 0.460 e. The second kappa shape index (κ2) is 4.70. The van der Waals surface area contributed by atoms with E-state index in [4.69, 9.17) is 0 Å². The lowest BCUT2D eigenvalue weighted by atomic mass is 10.0. The van der Waals surface area contributed by atoms with Crippen LogP contribution in [-0.4, -0.2) is 35.8 Å². The number of alkyl halides is 9. The minimum absolute atomic E-state index is 2.05. The molecule has 0 aliphatic carbocycles. The van der Waals surface area contributed by atoms with Crippen LogP contribution in [0.2, 0.25) is 0 Å². The van der Waals surface area contributed by atoms with Crippen molar-refractivity contribution in [3.8, 4) is 0 Å². The average molecular weight is 299 g/mol. The van der Waals surface area contributed by atoms with Gasteiger partial charge in [-0.2, -0.15) is 39.5 Å². The fourth-order valence-corrected chi connectivity index (χ4v) is 0.790. The molecule has 18 heavy (non-hydrogen) atoms. The Balaban J connectivity index is 5.23. The number of nitrogens with zero attached hydrogens (tertiary/aromatic N) is 1. The second-order valence-electron chi connectivity index (χ2n) is 3.13. The fourth-order valence-electron chi connectivity index (χ4n) is 0.790. The zero-order chi connectivity index (χ0) is 15.0. The van der Waals surface area contributed by atoms with Crippen LogP contribution in [0.3, 0.4) is 0 Å². The van der Waals surface area contributed by atoms with E-state index in [-0.39, 0.29) is 0 Å². The molecule has 0 aromatic rings. The summed E-state index contributed by atoms with van der Waals surface area (Å²) in [7, 11) is 0. The van der Waals surface area contributed by atoms with Gasteiger partial charge in [-0.05, 0) is 0 Å². The van der Waals surface area contributed by atoms with Gasteiger partial charge in [0.05, 0.1) is 6.54 Å². The number of hydrogen-bond acceptors (Lipinski definition) is 1. The highest BCUT2D eigenvalue weighted by atomic mass is 19.4. The van der Waals surface area contributed by atoms with Crippen molar-refractivity contribution >= 4 is 0 Å². The standard InChI is InChI=1S/C6H4F11N/c7-3(8,1-2-18(16)17)4(9,10)5(11,12)6(13,14)15/h1-2H2. The monoisotopic (exact) mass is 299 g/mol. The SMILES string of the molecule is FN(F)CCC(F)(F)C(F)(F)C(F)(F)C(F)(F)F. The minimum Gasteiger partial charge on any atom is -0.200 e. The van der Waals surface area contributed by atoms with Crippen LogP contribution in [0.1, 0.15) is 6.42 Å². The first-order chi connectivity index (χ1) is 7.67. The molecule has 0 bridgehead atoms. The van der Waals surface area contributed by atoms with Gasteiger partial charge in [0.25, 0.3) is 0 Å². The summed E-state index contributed by atoms with van der Waals surface area (Å²) in [5, 5.41) is -2.05. The van der Waals surface area contributed by atoms with Gasteiger partial charge in [0.2, 0.25) is 0 Å². The predicted octanol–water partition coefficient (Wildman–Crippen LogP) is 3.92. The Morgan fingerprint density at radius 2 is 1.06 bits per heavy atom. The summed E-state index contributed by atoms with van der Waals surface area (Å²) in [6, 6.07) is 0. The molecule has 0 rings (SSSR count). The van der Waals surface area contributed by atoms with Gasteiger partial charge in [-0.1, -0.05) is 0 Å². The van der Waals surface area contributed by atoms with Crippen molar-refractivity contribution in [3.05, 3.63) is 0 Å². The third kappa shape index (κ3) is 2.95. The Kier molecular flexibility index (Phi) is 4.49. The third-order valence-electron chi connectivity index (χ3n) is 1.80. The van der Waals surface area contributed by atoms with Crippen molar-refractivity contribution in [2.24, 2.45) is 0 Å². The molecule has 0 saturated heterocycles. The smallest absolute Gasteiger partial charge is 0.200 e. The summed E-state index contributed by atoms with van der Waals surface area (Å²) < 4.78 is 131. The molecule has 0 aliphatic rings. The first kappa shape index (κ1) is 17.2. The van der Waals surface area contributed by atoms with Crippen molar-refractivity contribution < 1.29 is 48.5 Å². The second-order valence-corrected chi connectivity index (χ2v) is 3.13. The van der Waals surface area contributed by atoms with E-state index in [1.165, 1.54) is 0 Å². The van der Waals surface area contributed by atoms with Crippen molar-refractivity contribution in [2.75, 3.05) is 6.54 Å². The topological polar surface area (TPSA) is 3.24 Å². The summed E-state index contributed by atoms with van der Waals surface area (Å²) in [6.45, 7) is -2.10. The van der Waals surface area contributed by atoms with Gasteiger partial charge >= 0.3 is 23.9 Å². The quantitative estimate of drug-likeness (QED) is 0.549. The third-order valence-corrected chi connectivity index (χ3v) is 1.80. The minimum atomic E-state index is -7.04. The maximum Gasteiger partial charge on any atom is 0.460 e. The van der Waals surface area contributed by atoms with E-state index >= 15 is 0 Å². The summed E-state index contributed by atoms with van der Waals surface area (Å²) in [5.74, 6) is -19.8. The molecule has 1 nitrogen and oxygen atoms in total. The first-order valence-electron chi connectivity index (χ1n) is 3.96. The highest BCUT2D eigenvalue weighted by Gasteiger charge is 2.81. The van der Waals surface area contributed by atoms with Crippen LogP contribution in [0.25, 0.3) is 0 Å². The van der Waals surface area contributed by atoms with E-state index in [0.717, 1.165) is 0 Å². The molecule has 0 atom stereocenters. The maximum atomic E-state index is 12.5. The molecule has 0 saturated carbocycles. The lowest BCUT2D eigenvalue weighted by Crippen LogP contribution is -2.61. The number of hydrogen-bond donors (Lipinski definition) is 0. The van der Waals surface area contributed by atoms with Crippen LogP contribution in [0.15, 0.2) is 0 Å². The van der Waals surface area contributed by atoms with E-state index in [1.807, 2.05) is 0 Å². The molecule has 12 heteroatoms. The molecule has 0 amide bonds. The Morgan fingerprint density at radius 3 is 1.33 bits per heavy atom. The zero-order valence-electron chi connectivity index (χ0n) is 8.02. The van der Waals surface area contributed by atoms with Gasteiger partial charge in [-0.3, -0.25) is 0 Å².